The van der Waals surface area contributed by atoms with E-state index in [2.05, 4.69) is 15.1 Å². The molecule has 134 valence electrons. The molecule has 2 heterocycles. The lowest BCUT2D eigenvalue weighted by atomic mass is 9.93. The van der Waals surface area contributed by atoms with Crippen LogP contribution in [0, 0.1) is 0 Å². The van der Waals surface area contributed by atoms with E-state index < -0.39 is 5.60 Å². The van der Waals surface area contributed by atoms with Crippen LogP contribution < -0.4 is 4.74 Å². The summed E-state index contributed by atoms with van der Waals surface area (Å²) in [5, 5.41) is 18.4. The van der Waals surface area contributed by atoms with Crippen molar-refractivity contribution in [3.05, 3.63) is 71.9 Å². The summed E-state index contributed by atoms with van der Waals surface area (Å²) >= 11 is 0. The van der Waals surface area contributed by atoms with Crippen molar-refractivity contribution in [1.82, 2.24) is 15.1 Å². The number of aliphatic hydroxyl groups is 1. The molecule has 2 aromatic carbocycles. The predicted molar refractivity (Wildman–Crippen MR) is 101 cm³/mol. The predicted octanol–water partition coefficient (Wildman–Crippen LogP) is 3.18. The van der Waals surface area contributed by atoms with Crippen molar-refractivity contribution in [2.75, 3.05) is 20.2 Å². The Labute approximate surface area is 153 Å². The van der Waals surface area contributed by atoms with Gasteiger partial charge in [-0.25, -0.2) is 0 Å². The molecule has 1 unspecified atom stereocenters. The first-order valence-corrected chi connectivity index (χ1v) is 8.85. The van der Waals surface area contributed by atoms with Crippen LogP contribution in [0.2, 0.25) is 0 Å². The number of aromatic nitrogens is 2. The van der Waals surface area contributed by atoms with Crippen molar-refractivity contribution in [3.63, 3.8) is 0 Å². The monoisotopic (exact) mass is 349 g/mol. The molecule has 3 aromatic rings. The lowest BCUT2D eigenvalue weighted by molar-refractivity contribution is 0.0453. The van der Waals surface area contributed by atoms with Gasteiger partial charge in [0.05, 0.1) is 19.0 Å². The molecule has 1 aliphatic rings. The summed E-state index contributed by atoms with van der Waals surface area (Å²) in [7, 11) is 1.67. The fourth-order valence-corrected chi connectivity index (χ4v) is 3.69. The maximum absolute atomic E-state index is 11.0. The number of nitrogens with zero attached hydrogens (tertiary/aromatic N) is 2. The van der Waals surface area contributed by atoms with Crippen LogP contribution in [0.4, 0.5) is 0 Å². The van der Waals surface area contributed by atoms with Crippen LogP contribution >= 0.6 is 0 Å². The van der Waals surface area contributed by atoms with E-state index in [4.69, 9.17) is 4.74 Å². The van der Waals surface area contributed by atoms with Gasteiger partial charge >= 0.3 is 0 Å². The van der Waals surface area contributed by atoms with E-state index in [9.17, 15) is 5.11 Å². The molecule has 5 heteroatoms. The van der Waals surface area contributed by atoms with Crippen LogP contribution in [0.1, 0.15) is 17.5 Å². The SMILES string of the molecule is COc1cccc(-c2[nH]ncc2CN2CCC(O)(c3ccccc3)C2)c1. The van der Waals surface area contributed by atoms with Crippen molar-refractivity contribution >= 4 is 0 Å². The van der Waals surface area contributed by atoms with Gasteiger partial charge < -0.3 is 9.84 Å². The standard InChI is InChI=1S/C21H23N3O2/c1-26-19-9-5-6-16(12-19)20-17(13-22-23-20)14-24-11-10-21(25,15-24)18-7-3-2-4-8-18/h2-9,12-13,25H,10-11,14-15H2,1H3,(H,22,23). The molecule has 1 aliphatic heterocycles. The van der Waals surface area contributed by atoms with Gasteiger partial charge in [-0.2, -0.15) is 5.10 Å². The van der Waals surface area contributed by atoms with Crippen LogP contribution in [-0.2, 0) is 12.1 Å². The minimum absolute atomic E-state index is 0.625. The summed E-state index contributed by atoms with van der Waals surface area (Å²) in [6.45, 7) is 2.23. The molecule has 0 spiro atoms. The third kappa shape index (κ3) is 3.23. The summed E-state index contributed by atoms with van der Waals surface area (Å²) in [5.41, 5.74) is 3.38. The molecule has 4 rings (SSSR count). The minimum Gasteiger partial charge on any atom is -0.497 e. The summed E-state index contributed by atoms with van der Waals surface area (Å²) in [6, 6.07) is 17.9. The van der Waals surface area contributed by atoms with Crippen molar-refractivity contribution in [1.29, 1.82) is 0 Å². The number of hydrogen-bond acceptors (Lipinski definition) is 4. The number of aromatic amines is 1. The second-order valence-corrected chi connectivity index (χ2v) is 6.86. The third-order valence-electron chi connectivity index (χ3n) is 5.11. The van der Waals surface area contributed by atoms with Gasteiger partial charge in [0.1, 0.15) is 11.4 Å². The maximum atomic E-state index is 11.0. The molecule has 0 amide bonds. The highest BCUT2D eigenvalue weighted by Crippen LogP contribution is 2.33. The third-order valence-corrected chi connectivity index (χ3v) is 5.11. The van der Waals surface area contributed by atoms with Crippen LogP contribution in [-0.4, -0.2) is 40.4 Å². The Morgan fingerprint density at radius 1 is 1.19 bits per heavy atom. The second kappa shape index (κ2) is 6.94. The zero-order chi connectivity index (χ0) is 18.0. The molecule has 0 saturated carbocycles. The molecule has 26 heavy (non-hydrogen) atoms. The van der Waals surface area contributed by atoms with E-state index in [1.54, 1.807) is 7.11 Å². The van der Waals surface area contributed by atoms with E-state index in [0.717, 1.165) is 47.6 Å². The van der Waals surface area contributed by atoms with E-state index in [-0.39, 0.29) is 0 Å². The molecule has 1 atom stereocenters. The highest BCUT2D eigenvalue weighted by molar-refractivity contribution is 5.64. The Bertz CT molecular complexity index is 878. The van der Waals surface area contributed by atoms with Crippen LogP contribution in [0.25, 0.3) is 11.3 Å². The van der Waals surface area contributed by atoms with Crippen molar-refractivity contribution < 1.29 is 9.84 Å². The lowest BCUT2D eigenvalue weighted by Gasteiger charge is -2.24. The number of hydrogen-bond donors (Lipinski definition) is 2. The molecular formula is C21H23N3O2. The van der Waals surface area contributed by atoms with Gasteiger partial charge in [-0.15, -0.1) is 0 Å². The Balaban J connectivity index is 1.52. The Hall–Kier alpha value is -2.63. The smallest absolute Gasteiger partial charge is 0.119 e. The van der Waals surface area contributed by atoms with Gasteiger partial charge in [-0.1, -0.05) is 42.5 Å². The van der Waals surface area contributed by atoms with Gasteiger partial charge in [-0.05, 0) is 24.1 Å². The molecular weight excluding hydrogens is 326 g/mol. The number of benzene rings is 2. The molecule has 0 radical (unpaired) electrons. The fourth-order valence-electron chi connectivity index (χ4n) is 3.69. The first-order valence-electron chi connectivity index (χ1n) is 8.85. The molecule has 0 aliphatic carbocycles. The average Bonchev–Trinajstić information content (AvgIpc) is 3.30. The molecule has 1 aromatic heterocycles. The van der Waals surface area contributed by atoms with Crippen LogP contribution in [0.3, 0.4) is 0 Å². The molecule has 0 bridgehead atoms. The highest BCUT2D eigenvalue weighted by atomic mass is 16.5. The zero-order valence-electron chi connectivity index (χ0n) is 14.9. The minimum atomic E-state index is -0.777. The fraction of sp³-hybridized carbons (Fsp3) is 0.286. The van der Waals surface area contributed by atoms with Crippen LogP contribution in [0.15, 0.2) is 60.8 Å². The number of ether oxygens (including phenoxy) is 1. The number of H-pyrrole nitrogens is 1. The first-order chi connectivity index (χ1) is 12.7. The van der Waals surface area contributed by atoms with Crippen LogP contribution in [0.5, 0.6) is 5.75 Å². The van der Waals surface area contributed by atoms with Gasteiger partial charge in [-0.3, -0.25) is 10.00 Å². The Morgan fingerprint density at radius 3 is 2.85 bits per heavy atom. The average molecular weight is 349 g/mol. The Kier molecular flexibility index (Phi) is 4.49. The maximum Gasteiger partial charge on any atom is 0.119 e. The van der Waals surface area contributed by atoms with Gasteiger partial charge in [0.15, 0.2) is 0 Å². The summed E-state index contributed by atoms with van der Waals surface area (Å²) in [5.74, 6) is 0.822. The van der Waals surface area contributed by atoms with Gasteiger partial charge in [0, 0.05) is 30.8 Å². The first kappa shape index (κ1) is 16.8. The van der Waals surface area contributed by atoms with Crippen molar-refractivity contribution in [2.45, 2.75) is 18.6 Å². The van der Waals surface area contributed by atoms with E-state index >= 15 is 0 Å². The normalized spacial score (nSPS) is 20.4. The zero-order valence-corrected chi connectivity index (χ0v) is 14.9. The summed E-state index contributed by atoms with van der Waals surface area (Å²) in [4.78, 5) is 2.28. The van der Waals surface area contributed by atoms with E-state index in [0.29, 0.717) is 6.54 Å². The molecule has 1 fully saturated rings. The van der Waals surface area contributed by atoms with E-state index in [1.807, 2.05) is 60.8 Å². The van der Waals surface area contributed by atoms with Crippen molar-refractivity contribution in [3.8, 4) is 17.0 Å². The number of nitrogens with one attached hydrogen (secondary N) is 1. The second-order valence-electron chi connectivity index (χ2n) is 6.86. The topological polar surface area (TPSA) is 61.4 Å². The summed E-state index contributed by atoms with van der Waals surface area (Å²) < 4.78 is 5.32. The number of β-amino-alcohol motifs (C(OH)–C–C–N with tert-alkyl or cyclic N) is 1. The molecule has 1 saturated heterocycles. The molecule has 5 nitrogen and oxygen atoms in total. The van der Waals surface area contributed by atoms with E-state index in [1.165, 1.54) is 0 Å². The van der Waals surface area contributed by atoms with Crippen molar-refractivity contribution in [2.24, 2.45) is 0 Å². The largest absolute Gasteiger partial charge is 0.497 e. The number of methoxy groups -OCH3 is 1. The summed E-state index contributed by atoms with van der Waals surface area (Å²) in [6.07, 6.45) is 2.61. The number of rotatable bonds is 5. The highest BCUT2D eigenvalue weighted by Gasteiger charge is 2.37. The lowest BCUT2D eigenvalue weighted by Crippen LogP contribution is -2.30. The van der Waals surface area contributed by atoms with Gasteiger partial charge in [0.25, 0.3) is 0 Å². The Morgan fingerprint density at radius 2 is 2.04 bits per heavy atom. The quantitative estimate of drug-likeness (QED) is 0.743. The molecule has 2 N–H and O–H groups in total. The number of likely N-dealkylation sites (tertiary alicyclic amines) is 1. The van der Waals surface area contributed by atoms with Gasteiger partial charge in [0.2, 0.25) is 0 Å².